The molecule has 0 aromatic carbocycles. The number of amides is 4. The van der Waals surface area contributed by atoms with Crippen LogP contribution in [0.5, 0.6) is 0 Å². The summed E-state index contributed by atoms with van der Waals surface area (Å²) in [5, 5.41) is 8.66. The SMILES string of the molecule is CCC(C)C(=O)N(CC)CC.CCC(C)C(=O)NC(C)C.CCC(C)C(=O)NC1CC1.CCCNC(=O)C(C)CC. The fourth-order valence-corrected chi connectivity index (χ4v) is 3.00. The average molecular weight is 585 g/mol. The molecule has 244 valence electrons. The van der Waals surface area contributed by atoms with Gasteiger partial charge >= 0.3 is 0 Å². The van der Waals surface area contributed by atoms with Crippen LogP contribution in [0.15, 0.2) is 0 Å². The van der Waals surface area contributed by atoms with Crippen molar-refractivity contribution in [3.8, 4) is 0 Å². The number of carbonyl (C=O) groups excluding carboxylic acids is 4. The first-order valence-corrected chi connectivity index (χ1v) is 16.4. The van der Waals surface area contributed by atoms with E-state index in [1.165, 1.54) is 12.8 Å². The normalized spacial score (nSPS) is 14.7. The van der Waals surface area contributed by atoms with Crippen molar-refractivity contribution < 1.29 is 19.2 Å². The molecule has 0 aromatic heterocycles. The summed E-state index contributed by atoms with van der Waals surface area (Å²) in [7, 11) is 0. The highest BCUT2D eigenvalue weighted by Crippen LogP contribution is 2.19. The molecule has 1 fully saturated rings. The number of hydrogen-bond donors (Lipinski definition) is 3. The van der Waals surface area contributed by atoms with Gasteiger partial charge in [0, 0.05) is 55.4 Å². The van der Waals surface area contributed by atoms with Crippen molar-refractivity contribution >= 4 is 23.6 Å². The quantitative estimate of drug-likeness (QED) is 0.222. The first-order valence-electron chi connectivity index (χ1n) is 16.4. The molecule has 0 bridgehead atoms. The highest BCUT2D eigenvalue weighted by molar-refractivity contribution is 5.79. The Morgan fingerprint density at radius 3 is 1.39 bits per heavy atom. The van der Waals surface area contributed by atoms with E-state index in [4.69, 9.17) is 0 Å². The first kappa shape index (κ1) is 43.3. The van der Waals surface area contributed by atoms with Crippen LogP contribution in [0, 0.1) is 23.7 Å². The summed E-state index contributed by atoms with van der Waals surface area (Å²) < 4.78 is 0. The Hall–Kier alpha value is -2.12. The van der Waals surface area contributed by atoms with E-state index in [9.17, 15) is 19.2 Å². The fraction of sp³-hybridized carbons (Fsp3) is 0.879. The van der Waals surface area contributed by atoms with Crippen LogP contribution in [0.3, 0.4) is 0 Å². The maximum absolute atomic E-state index is 11.5. The maximum Gasteiger partial charge on any atom is 0.225 e. The van der Waals surface area contributed by atoms with Gasteiger partial charge < -0.3 is 20.9 Å². The smallest absolute Gasteiger partial charge is 0.225 e. The highest BCUT2D eigenvalue weighted by Gasteiger charge is 2.24. The Bertz CT molecular complexity index is 669. The van der Waals surface area contributed by atoms with Gasteiger partial charge in [0.25, 0.3) is 0 Å². The Labute approximate surface area is 253 Å². The minimum Gasteiger partial charge on any atom is -0.356 e. The molecule has 1 saturated carbocycles. The third kappa shape index (κ3) is 24.2. The highest BCUT2D eigenvalue weighted by atomic mass is 16.2. The number of carbonyl (C=O) groups is 4. The summed E-state index contributed by atoms with van der Waals surface area (Å²) in [6, 6.07) is 0.781. The molecule has 0 saturated heterocycles. The second-order valence-corrected chi connectivity index (χ2v) is 11.5. The molecule has 8 nitrogen and oxygen atoms in total. The van der Waals surface area contributed by atoms with Gasteiger partial charge in [0.15, 0.2) is 0 Å². The zero-order chi connectivity index (χ0) is 32.5. The van der Waals surface area contributed by atoms with Crippen LogP contribution < -0.4 is 16.0 Å². The third-order valence-corrected chi connectivity index (χ3v) is 7.19. The molecule has 4 atom stereocenters. The molecule has 41 heavy (non-hydrogen) atoms. The van der Waals surface area contributed by atoms with Gasteiger partial charge in [-0.15, -0.1) is 0 Å². The molecule has 1 rings (SSSR count). The van der Waals surface area contributed by atoms with Crippen molar-refractivity contribution in [2.45, 2.75) is 147 Å². The molecule has 0 radical (unpaired) electrons. The second-order valence-electron chi connectivity index (χ2n) is 11.5. The maximum atomic E-state index is 11.5. The summed E-state index contributed by atoms with van der Waals surface area (Å²) in [5.74, 6) is 1.58. The van der Waals surface area contributed by atoms with Gasteiger partial charge in [-0.2, -0.15) is 0 Å². The number of nitrogens with zero attached hydrogens (tertiary/aromatic N) is 1. The van der Waals surface area contributed by atoms with Crippen molar-refractivity contribution in [1.29, 1.82) is 0 Å². The van der Waals surface area contributed by atoms with Crippen LogP contribution in [0.4, 0.5) is 0 Å². The van der Waals surface area contributed by atoms with Gasteiger partial charge in [-0.05, 0) is 72.6 Å². The molecule has 1 aliphatic rings. The summed E-state index contributed by atoms with van der Waals surface area (Å²) >= 11 is 0. The van der Waals surface area contributed by atoms with Crippen LogP contribution in [0.1, 0.15) is 135 Å². The van der Waals surface area contributed by atoms with Crippen molar-refractivity contribution in [1.82, 2.24) is 20.9 Å². The van der Waals surface area contributed by atoms with E-state index >= 15 is 0 Å². The lowest BCUT2D eigenvalue weighted by atomic mass is 10.1. The topological polar surface area (TPSA) is 108 Å². The van der Waals surface area contributed by atoms with Crippen LogP contribution in [0.25, 0.3) is 0 Å². The number of hydrogen-bond acceptors (Lipinski definition) is 4. The Morgan fingerprint density at radius 1 is 0.634 bits per heavy atom. The van der Waals surface area contributed by atoms with Crippen LogP contribution >= 0.6 is 0 Å². The lowest BCUT2D eigenvalue weighted by molar-refractivity contribution is -0.134. The third-order valence-electron chi connectivity index (χ3n) is 7.19. The van der Waals surface area contributed by atoms with Gasteiger partial charge in [-0.25, -0.2) is 0 Å². The zero-order valence-corrected chi connectivity index (χ0v) is 29.1. The number of nitrogens with one attached hydrogen (secondary N) is 3. The molecule has 4 amide bonds. The van der Waals surface area contributed by atoms with Gasteiger partial charge in [0.2, 0.25) is 23.6 Å². The van der Waals surface area contributed by atoms with Gasteiger partial charge in [-0.1, -0.05) is 62.3 Å². The zero-order valence-electron chi connectivity index (χ0n) is 29.1. The van der Waals surface area contributed by atoms with Gasteiger partial charge in [-0.3, -0.25) is 19.2 Å². The van der Waals surface area contributed by atoms with E-state index < -0.39 is 0 Å². The molecular weight excluding hydrogens is 516 g/mol. The van der Waals surface area contributed by atoms with E-state index in [1.807, 2.05) is 88.0 Å². The molecule has 0 aromatic rings. The predicted octanol–water partition coefficient (Wildman–Crippen LogP) is 6.33. The van der Waals surface area contributed by atoms with Gasteiger partial charge in [0.05, 0.1) is 0 Å². The minimum atomic E-state index is 0.155. The van der Waals surface area contributed by atoms with Crippen molar-refractivity contribution in [2.24, 2.45) is 23.7 Å². The molecular formula is C33H68N4O4. The largest absolute Gasteiger partial charge is 0.356 e. The molecule has 1 aliphatic carbocycles. The summed E-state index contributed by atoms with van der Waals surface area (Å²) in [6.45, 7) is 28.5. The number of rotatable bonds is 14. The minimum absolute atomic E-state index is 0.155. The van der Waals surface area contributed by atoms with E-state index in [2.05, 4.69) is 22.9 Å². The Balaban J connectivity index is -0.000000470. The Kier molecular flexibility index (Phi) is 28.3. The molecule has 4 unspecified atom stereocenters. The van der Waals surface area contributed by atoms with E-state index in [1.54, 1.807) is 0 Å². The average Bonchev–Trinajstić information content (AvgIpc) is 3.79. The lowest BCUT2D eigenvalue weighted by Gasteiger charge is -2.21. The van der Waals surface area contributed by atoms with Gasteiger partial charge in [0.1, 0.15) is 0 Å². The van der Waals surface area contributed by atoms with Crippen molar-refractivity contribution in [2.75, 3.05) is 19.6 Å². The second kappa shape index (κ2) is 26.8. The van der Waals surface area contributed by atoms with Crippen LogP contribution in [-0.2, 0) is 19.2 Å². The van der Waals surface area contributed by atoms with Crippen molar-refractivity contribution in [3.05, 3.63) is 0 Å². The summed E-state index contributed by atoms with van der Waals surface area (Å²) in [5.41, 5.74) is 0. The Morgan fingerprint density at radius 2 is 1.05 bits per heavy atom. The molecule has 0 aliphatic heterocycles. The first-order chi connectivity index (χ1) is 19.2. The fourth-order valence-electron chi connectivity index (χ4n) is 3.00. The molecule has 0 spiro atoms. The molecule has 0 heterocycles. The monoisotopic (exact) mass is 585 g/mol. The molecule has 8 heteroatoms. The van der Waals surface area contributed by atoms with E-state index in [-0.39, 0.29) is 53.3 Å². The van der Waals surface area contributed by atoms with Crippen LogP contribution in [-0.4, -0.2) is 60.2 Å². The van der Waals surface area contributed by atoms with Crippen LogP contribution in [0.2, 0.25) is 0 Å². The predicted molar refractivity (Wildman–Crippen MR) is 173 cm³/mol. The lowest BCUT2D eigenvalue weighted by Crippen LogP contribution is -2.34. The standard InChI is InChI=1S/C9H19NO.C8H15NO.2C8H17NO/c1-5-8(4)9(11)10(6-2)7-3;1-3-6(2)8(10)9-7-4-5-7;1-5-7(4)8(10)9-6(2)3;1-4-6-9-8(10)7(3)5-2/h8H,5-7H2,1-4H3;6-7H,3-5H2,1-2H3,(H,9,10);6-7H,5H2,1-4H3,(H,9,10);7H,4-6H2,1-3H3,(H,9,10). The van der Waals surface area contributed by atoms with E-state index in [0.717, 1.165) is 51.7 Å². The molecule has 3 N–H and O–H groups in total. The van der Waals surface area contributed by atoms with Crippen molar-refractivity contribution in [3.63, 3.8) is 0 Å². The van der Waals surface area contributed by atoms with E-state index in [0.29, 0.717) is 6.04 Å². The summed E-state index contributed by atoms with van der Waals surface area (Å²) in [4.78, 5) is 46.6. The summed E-state index contributed by atoms with van der Waals surface area (Å²) in [6.07, 6.45) is 7.11.